The van der Waals surface area contributed by atoms with Crippen molar-refractivity contribution in [3.8, 4) is 5.75 Å². The van der Waals surface area contributed by atoms with Gasteiger partial charge in [-0.25, -0.2) is 4.39 Å². The van der Waals surface area contributed by atoms with Gasteiger partial charge in [-0.1, -0.05) is 19.9 Å². The molecule has 0 aliphatic heterocycles. The molecular weight excluding hydrogens is 191 g/mol. The molecule has 1 nitrogen and oxygen atoms in total. The number of hydrogen-bond acceptors (Lipinski definition) is 1. The molecule has 0 bridgehead atoms. The molecule has 0 saturated heterocycles. The van der Waals surface area contributed by atoms with Gasteiger partial charge in [0.25, 0.3) is 0 Å². The van der Waals surface area contributed by atoms with Gasteiger partial charge in [-0.2, -0.15) is 0 Å². The smallest absolute Gasteiger partial charge is 0.130 e. The minimum atomic E-state index is -0.286. The minimum absolute atomic E-state index is 0.188. The summed E-state index contributed by atoms with van der Waals surface area (Å²) in [5, 5.41) is 0. The maximum absolute atomic E-state index is 13.6. The van der Waals surface area contributed by atoms with Crippen LogP contribution in [0.1, 0.15) is 46.1 Å². The van der Waals surface area contributed by atoms with Crippen LogP contribution < -0.4 is 4.74 Å². The number of halogens is 1. The highest BCUT2D eigenvalue weighted by Crippen LogP contribution is 2.25. The van der Waals surface area contributed by atoms with Crippen LogP contribution in [0.2, 0.25) is 0 Å². The van der Waals surface area contributed by atoms with E-state index < -0.39 is 0 Å². The van der Waals surface area contributed by atoms with Crippen molar-refractivity contribution < 1.29 is 9.13 Å². The Morgan fingerprint density at radius 2 is 1.80 bits per heavy atom. The van der Waals surface area contributed by atoms with Gasteiger partial charge in [0.15, 0.2) is 0 Å². The van der Waals surface area contributed by atoms with Crippen molar-refractivity contribution in [3.63, 3.8) is 0 Å². The average molecular weight is 210 g/mol. The fourth-order valence-electron chi connectivity index (χ4n) is 1.39. The standard InChI is InChI=1S/C13H19FO/c1-9(2)11-7-6-10(8-12(11)14)15-13(3,4)5/h6-9H,1-5H3. The van der Waals surface area contributed by atoms with E-state index in [9.17, 15) is 4.39 Å². The Morgan fingerprint density at radius 1 is 1.20 bits per heavy atom. The van der Waals surface area contributed by atoms with Crippen molar-refractivity contribution >= 4 is 0 Å². The first-order valence-electron chi connectivity index (χ1n) is 5.28. The lowest BCUT2D eigenvalue weighted by atomic mass is 10.0. The molecule has 0 saturated carbocycles. The first-order valence-corrected chi connectivity index (χ1v) is 5.28. The molecule has 0 N–H and O–H groups in total. The third-order valence-electron chi connectivity index (χ3n) is 2.02. The molecule has 0 unspecified atom stereocenters. The molecule has 1 aromatic carbocycles. The van der Waals surface area contributed by atoms with Gasteiger partial charge in [0, 0.05) is 6.07 Å². The molecule has 0 radical (unpaired) electrons. The molecular formula is C13H19FO. The van der Waals surface area contributed by atoms with Crippen molar-refractivity contribution in [2.75, 3.05) is 0 Å². The zero-order valence-corrected chi connectivity index (χ0v) is 10.1. The van der Waals surface area contributed by atoms with Gasteiger partial charge in [-0.05, 0) is 38.3 Å². The number of rotatable bonds is 2. The van der Waals surface area contributed by atoms with Crippen molar-refractivity contribution in [2.45, 2.75) is 46.1 Å². The summed E-state index contributed by atoms with van der Waals surface area (Å²) in [7, 11) is 0. The molecule has 15 heavy (non-hydrogen) atoms. The monoisotopic (exact) mass is 210 g/mol. The van der Waals surface area contributed by atoms with Crippen LogP contribution >= 0.6 is 0 Å². The van der Waals surface area contributed by atoms with Crippen LogP contribution in [0.25, 0.3) is 0 Å². The minimum Gasteiger partial charge on any atom is -0.488 e. The van der Waals surface area contributed by atoms with Crippen molar-refractivity contribution in [1.82, 2.24) is 0 Å². The topological polar surface area (TPSA) is 9.23 Å². The second-order valence-corrected chi connectivity index (χ2v) is 5.05. The van der Waals surface area contributed by atoms with E-state index >= 15 is 0 Å². The van der Waals surface area contributed by atoms with E-state index in [0.717, 1.165) is 5.56 Å². The number of benzene rings is 1. The summed E-state index contributed by atoms with van der Waals surface area (Å²) in [6.45, 7) is 9.79. The maximum Gasteiger partial charge on any atom is 0.130 e. The molecule has 0 spiro atoms. The fourth-order valence-corrected chi connectivity index (χ4v) is 1.39. The van der Waals surface area contributed by atoms with E-state index in [1.54, 1.807) is 6.07 Å². The third kappa shape index (κ3) is 3.54. The average Bonchev–Trinajstić information content (AvgIpc) is 1.99. The molecule has 1 rings (SSSR count). The SMILES string of the molecule is CC(C)c1ccc(OC(C)(C)C)cc1F. The lowest BCUT2D eigenvalue weighted by Gasteiger charge is -2.21. The molecule has 0 fully saturated rings. The number of hydrogen-bond donors (Lipinski definition) is 0. The van der Waals surface area contributed by atoms with Crippen molar-refractivity contribution in [1.29, 1.82) is 0 Å². The highest BCUT2D eigenvalue weighted by Gasteiger charge is 2.14. The van der Waals surface area contributed by atoms with Crippen LogP contribution in [0.3, 0.4) is 0 Å². The van der Waals surface area contributed by atoms with Gasteiger partial charge in [0.05, 0.1) is 0 Å². The largest absolute Gasteiger partial charge is 0.488 e. The van der Waals surface area contributed by atoms with E-state index in [1.807, 2.05) is 40.7 Å². The molecule has 0 amide bonds. The lowest BCUT2D eigenvalue weighted by molar-refractivity contribution is 0.130. The second-order valence-electron chi connectivity index (χ2n) is 5.05. The zero-order chi connectivity index (χ0) is 11.6. The molecule has 2 heteroatoms. The predicted octanol–water partition coefficient (Wildman–Crippen LogP) is 4.13. The Balaban J connectivity index is 2.92. The van der Waals surface area contributed by atoms with Crippen LogP contribution in [0.5, 0.6) is 5.75 Å². The van der Waals surface area contributed by atoms with E-state index in [-0.39, 0.29) is 17.3 Å². The van der Waals surface area contributed by atoms with Crippen LogP contribution in [0, 0.1) is 5.82 Å². The van der Waals surface area contributed by atoms with Gasteiger partial charge in [-0.15, -0.1) is 0 Å². The van der Waals surface area contributed by atoms with E-state index in [0.29, 0.717) is 5.75 Å². The highest BCUT2D eigenvalue weighted by molar-refractivity contribution is 5.31. The first-order chi connectivity index (χ1) is 6.79. The van der Waals surface area contributed by atoms with E-state index in [2.05, 4.69) is 0 Å². The van der Waals surface area contributed by atoms with Gasteiger partial charge < -0.3 is 4.74 Å². The normalized spacial score (nSPS) is 11.9. The Kier molecular flexibility index (Phi) is 3.38. The maximum atomic E-state index is 13.6. The Morgan fingerprint density at radius 3 is 2.20 bits per heavy atom. The summed E-state index contributed by atoms with van der Waals surface area (Å²) in [6, 6.07) is 5.07. The summed E-state index contributed by atoms with van der Waals surface area (Å²) in [4.78, 5) is 0. The summed E-state index contributed by atoms with van der Waals surface area (Å²) >= 11 is 0. The Bertz CT molecular complexity index is 337. The molecule has 1 aromatic rings. The zero-order valence-electron chi connectivity index (χ0n) is 10.1. The predicted molar refractivity (Wildman–Crippen MR) is 60.9 cm³/mol. The molecule has 0 aromatic heterocycles. The van der Waals surface area contributed by atoms with Crippen LogP contribution in [-0.4, -0.2) is 5.60 Å². The van der Waals surface area contributed by atoms with Crippen LogP contribution in [0.4, 0.5) is 4.39 Å². The van der Waals surface area contributed by atoms with E-state index in [1.165, 1.54) is 6.07 Å². The molecule has 0 atom stereocenters. The quantitative estimate of drug-likeness (QED) is 0.713. The summed E-state index contributed by atoms with van der Waals surface area (Å²) in [6.07, 6.45) is 0. The summed E-state index contributed by atoms with van der Waals surface area (Å²) in [5.74, 6) is 0.602. The molecule has 0 aliphatic rings. The Hall–Kier alpha value is -1.05. The van der Waals surface area contributed by atoms with E-state index in [4.69, 9.17) is 4.74 Å². The van der Waals surface area contributed by atoms with Crippen LogP contribution in [0.15, 0.2) is 18.2 Å². The first kappa shape index (κ1) is 12.0. The highest BCUT2D eigenvalue weighted by atomic mass is 19.1. The Labute approximate surface area is 91.3 Å². The molecule has 0 heterocycles. The van der Waals surface area contributed by atoms with Gasteiger partial charge in [-0.3, -0.25) is 0 Å². The second kappa shape index (κ2) is 4.21. The number of ether oxygens (including phenoxy) is 1. The van der Waals surface area contributed by atoms with Gasteiger partial charge >= 0.3 is 0 Å². The molecule has 0 aliphatic carbocycles. The van der Waals surface area contributed by atoms with Gasteiger partial charge in [0.2, 0.25) is 0 Å². The van der Waals surface area contributed by atoms with Gasteiger partial charge in [0.1, 0.15) is 17.2 Å². The molecule has 84 valence electrons. The fraction of sp³-hybridized carbons (Fsp3) is 0.538. The van der Waals surface area contributed by atoms with Crippen molar-refractivity contribution in [3.05, 3.63) is 29.6 Å². The summed E-state index contributed by atoms with van der Waals surface area (Å²) in [5.41, 5.74) is 0.447. The third-order valence-corrected chi connectivity index (χ3v) is 2.02. The summed E-state index contributed by atoms with van der Waals surface area (Å²) < 4.78 is 19.2. The lowest BCUT2D eigenvalue weighted by Crippen LogP contribution is -2.23. The van der Waals surface area contributed by atoms with Crippen molar-refractivity contribution in [2.24, 2.45) is 0 Å². The van der Waals surface area contributed by atoms with Crippen LogP contribution in [-0.2, 0) is 0 Å².